The molecule has 0 spiro atoms. The fraction of sp³-hybridized carbons (Fsp3) is 0.615. The van der Waals surface area contributed by atoms with E-state index in [-0.39, 0.29) is 0 Å². The van der Waals surface area contributed by atoms with Gasteiger partial charge in [-0.1, -0.05) is 0 Å². The summed E-state index contributed by atoms with van der Waals surface area (Å²) in [5.74, 6) is 2.02. The summed E-state index contributed by atoms with van der Waals surface area (Å²) in [6.45, 7) is 4.67. The van der Waals surface area contributed by atoms with Gasteiger partial charge in [0, 0.05) is 42.8 Å². The zero-order chi connectivity index (χ0) is 14.3. The van der Waals surface area contributed by atoms with E-state index >= 15 is 0 Å². The van der Waals surface area contributed by atoms with Gasteiger partial charge in [0.25, 0.3) is 0 Å². The summed E-state index contributed by atoms with van der Waals surface area (Å²) in [5.41, 5.74) is 1.25. The van der Waals surface area contributed by atoms with Gasteiger partial charge >= 0.3 is 0 Å². The van der Waals surface area contributed by atoms with Crippen molar-refractivity contribution in [3.8, 4) is 0 Å². The molecule has 0 bridgehead atoms. The van der Waals surface area contributed by atoms with Gasteiger partial charge in [-0.05, 0) is 35.2 Å². The zero-order valence-electron chi connectivity index (χ0n) is 12.1. The molecule has 19 heavy (non-hydrogen) atoms. The molecule has 0 aliphatic carbocycles. The number of guanidine groups is 1. The highest BCUT2D eigenvalue weighted by Crippen LogP contribution is 2.14. The molecule has 0 radical (unpaired) electrons. The fourth-order valence-corrected chi connectivity index (χ4v) is 2.60. The first-order valence-corrected chi connectivity index (χ1v) is 8.56. The molecule has 0 fully saturated rings. The van der Waals surface area contributed by atoms with Crippen LogP contribution in [-0.2, 0) is 13.6 Å². The monoisotopic (exact) mass is 346 g/mol. The van der Waals surface area contributed by atoms with E-state index in [1.807, 2.05) is 11.8 Å². The minimum absolute atomic E-state index is 0.840. The molecule has 0 saturated heterocycles. The molecule has 0 saturated carbocycles. The van der Waals surface area contributed by atoms with Gasteiger partial charge in [-0.3, -0.25) is 4.99 Å². The maximum Gasteiger partial charge on any atom is 0.194 e. The van der Waals surface area contributed by atoms with E-state index in [9.17, 15) is 0 Å². The topological polar surface area (TPSA) is 32.6 Å². The highest BCUT2D eigenvalue weighted by Gasteiger charge is 2.09. The standard InChI is InChI=1S/C13H23BrN4S/c1-5-15-13(16-6-7-19-4)18(3)10-12-8-11(14)9-17(12)2/h8-9H,5-7,10H2,1-4H3,(H,15,16). The number of hydrogen-bond donors (Lipinski definition) is 1. The quantitative estimate of drug-likeness (QED) is 0.488. The van der Waals surface area contributed by atoms with Gasteiger partial charge in [0.15, 0.2) is 5.96 Å². The molecule has 0 aliphatic rings. The zero-order valence-corrected chi connectivity index (χ0v) is 14.5. The van der Waals surface area contributed by atoms with Gasteiger partial charge in [-0.25, -0.2) is 0 Å². The summed E-state index contributed by atoms with van der Waals surface area (Å²) in [6.07, 6.45) is 4.18. The van der Waals surface area contributed by atoms with E-state index in [4.69, 9.17) is 0 Å². The van der Waals surface area contributed by atoms with Gasteiger partial charge in [0.1, 0.15) is 0 Å². The lowest BCUT2D eigenvalue weighted by Gasteiger charge is -2.22. The van der Waals surface area contributed by atoms with E-state index in [0.717, 1.165) is 35.8 Å². The largest absolute Gasteiger partial charge is 0.357 e. The molecule has 0 atom stereocenters. The van der Waals surface area contributed by atoms with Gasteiger partial charge in [-0.15, -0.1) is 0 Å². The first kappa shape index (κ1) is 16.4. The number of halogens is 1. The van der Waals surface area contributed by atoms with Crippen molar-refractivity contribution in [2.45, 2.75) is 13.5 Å². The summed E-state index contributed by atoms with van der Waals surface area (Å²) < 4.78 is 3.24. The first-order valence-electron chi connectivity index (χ1n) is 6.37. The number of thioether (sulfide) groups is 1. The van der Waals surface area contributed by atoms with E-state index in [0.29, 0.717) is 0 Å². The second-order valence-corrected chi connectivity index (χ2v) is 6.25. The van der Waals surface area contributed by atoms with Crippen molar-refractivity contribution in [1.29, 1.82) is 0 Å². The maximum absolute atomic E-state index is 4.63. The van der Waals surface area contributed by atoms with Gasteiger partial charge in [0.05, 0.1) is 13.1 Å². The Morgan fingerprint density at radius 2 is 2.32 bits per heavy atom. The third kappa shape index (κ3) is 5.48. The van der Waals surface area contributed by atoms with Crippen LogP contribution in [-0.4, -0.2) is 47.6 Å². The number of nitrogens with one attached hydrogen (secondary N) is 1. The van der Waals surface area contributed by atoms with Crippen molar-refractivity contribution in [2.75, 3.05) is 32.1 Å². The van der Waals surface area contributed by atoms with Crippen molar-refractivity contribution in [2.24, 2.45) is 12.0 Å². The first-order chi connectivity index (χ1) is 9.08. The number of nitrogens with zero attached hydrogens (tertiary/aromatic N) is 3. The lowest BCUT2D eigenvalue weighted by Crippen LogP contribution is -2.39. The van der Waals surface area contributed by atoms with E-state index < -0.39 is 0 Å². The molecule has 0 unspecified atom stereocenters. The minimum atomic E-state index is 0.840. The molecule has 0 aliphatic heterocycles. The van der Waals surface area contributed by atoms with Crippen molar-refractivity contribution in [3.05, 3.63) is 22.4 Å². The second kappa shape index (κ2) is 8.53. The number of rotatable bonds is 6. The highest BCUT2D eigenvalue weighted by molar-refractivity contribution is 9.10. The van der Waals surface area contributed by atoms with Crippen LogP contribution < -0.4 is 5.32 Å². The fourth-order valence-electron chi connectivity index (χ4n) is 1.75. The average molecular weight is 347 g/mol. The lowest BCUT2D eigenvalue weighted by molar-refractivity contribution is 0.462. The molecular formula is C13H23BrN4S. The van der Waals surface area contributed by atoms with Crippen LogP contribution in [0.1, 0.15) is 12.6 Å². The summed E-state index contributed by atoms with van der Waals surface area (Å²) in [7, 11) is 4.13. The van der Waals surface area contributed by atoms with E-state index in [1.54, 1.807) is 0 Å². The van der Waals surface area contributed by atoms with Gasteiger partial charge < -0.3 is 14.8 Å². The van der Waals surface area contributed by atoms with Crippen molar-refractivity contribution in [3.63, 3.8) is 0 Å². The number of aromatic nitrogens is 1. The van der Waals surface area contributed by atoms with Crippen molar-refractivity contribution in [1.82, 2.24) is 14.8 Å². The highest BCUT2D eigenvalue weighted by atomic mass is 79.9. The van der Waals surface area contributed by atoms with Crippen LogP contribution in [0.5, 0.6) is 0 Å². The predicted octanol–water partition coefficient (Wildman–Crippen LogP) is 2.55. The maximum atomic E-state index is 4.63. The van der Waals surface area contributed by atoms with Gasteiger partial charge in [0.2, 0.25) is 0 Å². The molecule has 6 heteroatoms. The van der Waals surface area contributed by atoms with Crippen LogP contribution in [0.25, 0.3) is 0 Å². The van der Waals surface area contributed by atoms with Crippen LogP contribution in [0, 0.1) is 0 Å². The molecule has 0 amide bonds. The summed E-state index contributed by atoms with van der Waals surface area (Å²) in [5, 5.41) is 3.33. The molecule has 4 nitrogen and oxygen atoms in total. The van der Waals surface area contributed by atoms with Crippen molar-refractivity contribution < 1.29 is 0 Å². The molecule has 1 aromatic heterocycles. The van der Waals surface area contributed by atoms with Crippen LogP contribution in [0.15, 0.2) is 21.7 Å². The molecule has 1 N–H and O–H groups in total. The van der Waals surface area contributed by atoms with E-state index in [2.05, 4.69) is 75.2 Å². The Hall–Kier alpha value is -0.620. The molecule has 1 rings (SSSR count). The smallest absolute Gasteiger partial charge is 0.194 e. The van der Waals surface area contributed by atoms with Crippen LogP contribution in [0.4, 0.5) is 0 Å². The number of aryl methyl sites for hydroxylation is 1. The molecule has 108 valence electrons. The normalized spacial score (nSPS) is 11.7. The second-order valence-electron chi connectivity index (χ2n) is 4.35. The third-order valence-electron chi connectivity index (χ3n) is 2.73. The Labute approximate surface area is 128 Å². The number of aliphatic imine (C=N–C) groups is 1. The van der Waals surface area contributed by atoms with Crippen LogP contribution >= 0.6 is 27.7 Å². The molecular weight excluding hydrogens is 324 g/mol. The number of hydrogen-bond acceptors (Lipinski definition) is 2. The molecule has 0 aromatic carbocycles. The summed E-state index contributed by atoms with van der Waals surface area (Å²) >= 11 is 5.32. The van der Waals surface area contributed by atoms with E-state index in [1.165, 1.54) is 5.69 Å². The van der Waals surface area contributed by atoms with Crippen LogP contribution in [0.2, 0.25) is 0 Å². The van der Waals surface area contributed by atoms with Crippen molar-refractivity contribution >= 4 is 33.7 Å². The molecule has 1 aromatic rings. The minimum Gasteiger partial charge on any atom is -0.357 e. The Morgan fingerprint density at radius 3 is 2.84 bits per heavy atom. The Balaban J connectivity index is 2.68. The Morgan fingerprint density at radius 1 is 1.58 bits per heavy atom. The predicted molar refractivity (Wildman–Crippen MR) is 88.9 cm³/mol. The van der Waals surface area contributed by atoms with Gasteiger partial charge in [-0.2, -0.15) is 11.8 Å². The average Bonchev–Trinajstić information content (AvgIpc) is 2.67. The lowest BCUT2D eigenvalue weighted by atomic mass is 10.4. The third-order valence-corrected chi connectivity index (χ3v) is 3.75. The Bertz CT molecular complexity index is 417. The molecule has 1 heterocycles. The SMILES string of the molecule is CCNC(=NCCSC)N(C)Cc1cc(Br)cn1C. The summed E-state index contributed by atoms with van der Waals surface area (Å²) in [4.78, 5) is 6.78. The summed E-state index contributed by atoms with van der Waals surface area (Å²) in [6, 6.07) is 2.14. The Kier molecular flexibility index (Phi) is 7.38. The van der Waals surface area contributed by atoms with Crippen LogP contribution in [0.3, 0.4) is 0 Å².